The minimum absolute atomic E-state index is 0.00734. The molecule has 4 rings (SSSR count). The molecule has 0 bridgehead atoms. The summed E-state index contributed by atoms with van der Waals surface area (Å²) in [6, 6.07) is 2.45. The van der Waals surface area contributed by atoms with E-state index in [1.54, 1.807) is 6.92 Å². The van der Waals surface area contributed by atoms with E-state index in [4.69, 9.17) is 14.8 Å². The van der Waals surface area contributed by atoms with Crippen LogP contribution in [-0.2, 0) is 27.4 Å². The maximum atomic E-state index is 13.1. The van der Waals surface area contributed by atoms with E-state index in [0.29, 0.717) is 50.6 Å². The number of aromatic nitrogens is 1. The molecule has 0 spiro atoms. The fourth-order valence-corrected chi connectivity index (χ4v) is 5.31. The number of carbonyl (C=O) groups is 2. The van der Waals surface area contributed by atoms with Crippen LogP contribution in [0.15, 0.2) is 0 Å². The highest BCUT2D eigenvalue weighted by atomic mass is 16.5. The van der Waals surface area contributed by atoms with E-state index < -0.39 is 11.9 Å². The highest BCUT2D eigenvalue weighted by Crippen LogP contribution is 2.46. The van der Waals surface area contributed by atoms with Gasteiger partial charge in [-0.2, -0.15) is 5.26 Å². The zero-order valence-corrected chi connectivity index (χ0v) is 21.6. The zero-order valence-electron chi connectivity index (χ0n) is 21.6. The predicted octanol–water partition coefficient (Wildman–Crippen LogP) is 3.86. The Morgan fingerprint density at radius 1 is 1.23 bits per heavy atom. The number of carbonyl (C=O) groups excluding carboxylic acids is 1. The van der Waals surface area contributed by atoms with Crippen molar-refractivity contribution in [1.82, 2.24) is 9.88 Å². The third-order valence-corrected chi connectivity index (χ3v) is 7.73. The molecule has 2 atom stereocenters. The lowest BCUT2D eigenvalue weighted by Gasteiger charge is -2.44. The van der Waals surface area contributed by atoms with E-state index in [1.807, 2.05) is 4.90 Å². The number of nitriles is 1. The molecule has 190 valence electrons. The summed E-state index contributed by atoms with van der Waals surface area (Å²) in [6.07, 6.45) is 3.51. The lowest BCUT2D eigenvalue weighted by molar-refractivity contribution is -0.142. The van der Waals surface area contributed by atoms with Gasteiger partial charge < -0.3 is 19.6 Å². The lowest BCUT2D eigenvalue weighted by atomic mass is 9.87. The summed E-state index contributed by atoms with van der Waals surface area (Å²) >= 11 is 0. The minimum Gasteiger partial charge on any atom is -0.481 e. The van der Waals surface area contributed by atoms with Crippen molar-refractivity contribution in [3.8, 4) is 6.07 Å². The number of rotatable bonds is 7. The van der Waals surface area contributed by atoms with Crippen LogP contribution in [0.3, 0.4) is 0 Å². The van der Waals surface area contributed by atoms with Gasteiger partial charge in [-0.3, -0.25) is 9.59 Å². The molecule has 2 aliphatic heterocycles. The number of carboxylic acid groups (broad SMARTS) is 1. The van der Waals surface area contributed by atoms with Crippen LogP contribution in [0.5, 0.6) is 0 Å². The molecule has 0 aromatic carbocycles. The first-order valence-corrected chi connectivity index (χ1v) is 12.9. The molecule has 3 aliphatic rings. The topological polar surface area (TPSA) is 107 Å². The summed E-state index contributed by atoms with van der Waals surface area (Å²) in [5, 5.41) is 19.4. The molecule has 1 aromatic rings. The average Bonchev–Trinajstić information content (AvgIpc) is 3.65. The third kappa shape index (κ3) is 5.30. The van der Waals surface area contributed by atoms with Gasteiger partial charge >= 0.3 is 5.97 Å². The van der Waals surface area contributed by atoms with E-state index in [9.17, 15) is 14.9 Å². The number of hydrogen-bond donors (Lipinski definition) is 1. The maximum Gasteiger partial charge on any atom is 0.306 e. The van der Waals surface area contributed by atoms with Crippen LogP contribution >= 0.6 is 0 Å². The molecule has 0 radical (unpaired) electrons. The third-order valence-electron chi connectivity index (χ3n) is 7.73. The normalized spacial score (nSPS) is 22.5. The van der Waals surface area contributed by atoms with Crippen LogP contribution in [0.1, 0.15) is 88.6 Å². The molecule has 1 saturated carbocycles. The summed E-state index contributed by atoms with van der Waals surface area (Å²) in [6.45, 7) is 12.3. The summed E-state index contributed by atoms with van der Waals surface area (Å²) in [4.78, 5) is 33.4. The first-order chi connectivity index (χ1) is 16.5. The SMILES string of the molecule is CC(CCC(=O)N1CCN(c2nc(C3CC3)c3c(c2C#N)CC(C)(C)OC3)C[C@H]1C(C)C)C(=O)O. The van der Waals surface area contributed by atoms with Crippen LogP contribution in [-0.4, -0.2) is 58.1 Å². The van der Waals surface area contributed by atoms with Crippen molar-refractivity contribution >= 4 is 17.7 Å². The number of fused-ring (bicyclic) bond motifs is 1. The lowest BCUT2D eigenvalue weighted by Crippen LogP contribution is -2.57. The van der Waals surface area contributed by atoms with Gasteiger partial charge in [0.2, 0.25) is 5.91 Å². The molecular weight excluding hydrogens is 444 g/mol. The smallest absolute Gasteiger partial charge is 0.306 e. The molecule has 8 nitrogen and oxygen atoms in total. The Kier molecular flexibility index (Phi) is 7.10. The van der Waals surface area contributed by atoms with E-state index in [-0.39, 0.29) is 29.9 Å². The number of nitrogens with zero attached hydrogens (tertiary/aromatic N) is 4. The Bertz CT molecular complexity index is 1040. The molecular formula is C27H38N4O4. The van der Waals surface area contributed by atoms with Crippen molar-refractivity contribution in [2.75, 3.05) is 24.5 Å². The molecule has 1 unspecified atom stereocenters. The average molecular weight is 483 g/mol. The summed E-state index contributed by atoms with van der Waals surface area (Å²) < 4.78 is 6.09. The largest absolute Gasteiger partial charge is 0.481 e. The standard InChI is InChI=1S/C27H38N4O4/c1-16(2)22-14-30(10-11-31(22)23(32)9-6-17(3)26(33)34)25-20(13-28)19-12-27(4,5)35-15-21(19)24(29-25)18-7-8-18/h16-18,22H,6-12,14-15H2,1-5H3,(H,33,34)/t17?,22-/m0/s1. The van der Waals surface area contributed by atoms with Crippen molar-refractivity contribution in [2.45, 2.75) is 90.9 Å². The monoisotopic (exact) mass is 482 g/mol. The van der Waals surface area contributed by atoms with Crippen LogP contribution in [0.2, 0.25) is 0 Å². The van der Waals surface area contributed by atoms with Crippen LogP contribution < -0.4 is 4.90 Å². The number of aliphatic carboxylic acids is 1. The van der Waals surface area contributed by atoms with E-state index in [1.165, 1.54) is 0 Å². The zero-order chi connectivity index (χ0) is 25.5. The van der Waals surface area contributed by atoms with Gasteiger partial charge in [-0.25, -0.2) is 4.98 Å². The summed E-state index contributed by atoms with van der Waals surface area (Å²) in [5.41, 5.74) is 3.60. The predicted molar refractivity (Wildman–Crippen MR) is 132 cm³/mol. The Balaban J connectivity index is 1.61. The van der Waals surface area contributed by atoms with Crippen molar-refractivity contribution in [1.29, 1.82) is 5.26 Å². The molecule has 1 aromatic heterocycles. The number of amides is 1. The number of ether oxygens (including phenoxy) is 1. The first-order valence-electron chi connectivity index (χ1n) is 12.9. The van der Waals surface area contributed by atoms with E-state index in [0.717, 1.165) is 35.5 Å². The summed E-state index contributed by atoms with van der Waals surface area (Å²) in [5.74, 6) is 0.0170. The molecule has 1 aliphatic carbocycles. The molecule has 1 saturated heterocycles. The second-order valence-electron chi connectivity index (χ2n) is 11.4. The van der Waals surface area contributed by atoms with E-state index >= 15 is 0 Å². The Morgan fingerprint density at radius 3 is 2.54 bits per heavy atom. The fraction of sp³-hybridized carbons (Fsp3) is 0.704. The quantitative estimate of drug-likeness (QED) is 0.629. The first kappa shape index (κ1) is 25.4. The number of piperazine rings is 1. The second-order valence-corrected chi connectivity index (χ2v) is 11.4. The highest BCUT2D eigenvalue weighted by Gasteiger charge is 2.39. The van der Waals surface area contributed by atoms with Crippen molar-refractivity contribution in [2.24, 2.45) is 11.8 Å². The highest BCUT2D eigenvalue weighted by molar-refractivity contribution is 5.78. The van der Waals surface area contributed by atoms with Crippen molar-refractivity contribution < 1.29 is 19.4 Å². The molecule has 1 N–H and O–H groups in total. The molecule has 35 heavy (non-hydrogen) atoms. The van der Waals surface area contributed by atoms with Gasteiger partial charge in [-0.1, -0.05) is 20.8 Å². The Hall–Kier alpha value is -2.66. The number of carboxylic acids is 1. The Morgan fingerprint density at radius 2 is 1.94 bits per heavy atom. The molecule has 2 fully saturated rings. The molecule has 8 heteroatoms. The van der Waals surface area contributed by atoms with Crippen molar-refractivity contribution in [3.05, 3.63) is 22.4 Å². The number of anilines is 1. The van der Waals surface area contributed by atoms with E-state index in [2.05, 4.69) is 38.7 Å². The van der Waals surface area contributed by atoms with Gasteiger partial charge in [-0.05, 0) is 44.6 Å². The van der Waals surface area contributed by atoms with Gasteiger partial charge in [0.15, 0.2) is 0 Å². The Labute approximate surface area is 208 Å². The fourth-order valence-electron chi connectivity index (χ4n) is 5.31. The van der Waals surface area contributed by atoms with Crippen molar-refractivity contribution in [3.63, 3.8) is 0 Å². The van der Waals surface area contributed by atoms with Gasteiger partial charge in [0.05, 0.1) is 35.4 Å². The van der Waals surface area contributed by atoms with Crippen LogP contribution in [0.25, 0.3) is 0 Å². The number of pyridine rings is 1. The minimum atomic E-state index is -0.870. The summed E-state index contributed by atoms with van der Waals surface area (Å²) in [7, 11) is 0. The molecule has 3 heterocycles. The maximum absolute atomic E-state index is 13.1. The van der Waals surface area contributed by atoms with Gasteiger partial charge in [-0.15, -0.1) is 0 Å². The van der Waals surface area contributed by atoms with Crippen LogP contribution in [0.4, 0.5) is 5.82 Å². The van der Waals surface area contributed by atoms with Gasteiger partial charge in [0.25, 0.3) is 0 Å². The number of hydrogen-bond acceptors (Lipinski definition) is 6. The second kappa shape index (κ2) is 9.77. The van der Waals surface area contributed by atoms with Gasteiger partial charge in [0, 0.05) is 44.0 Å². The van der Waals surface area contributed by atoms with Gasteiger partial charge in [0.1, 0.15) is 11.9 Å². The van der Waals surface area contributed by atoms with Crippen LogP contribution in [0, 0.1) is 23.2 Å². The molecule has 1 amide bonds.